The minimum atomic E-state index is -1.42. The Morgan fingerprint density at radius 2 is 1.56 bits per heavy atom. The lowest BCUT2D eigenvalue weighted by Gasteiger charge is -2.32. The number of benzene rings is 1. The molecule has 59 heavy (non-hydrogen) atoms. The Morgan fingerprint density at radius 3 is 2.14 bits per heavy atom. The van der Waals surface area contributed by atoms with E-state index in [4.69, 9.17) is 33.7 Å². The summed E-state index contributed by atoms with van der Waals surface area (Å²) in [6.07, 6.45) is 8.15. The smallest absolute Gasteiger partial charge is 0.336 e. The van der Waals surface area contributed by atoms with E-state index in [1.807, 2.05) is 13.8 Å². The minimum Gasteiger partial charge on any atom is -0.478 e. The van der Waals surface area contributed by atoms with E-state index in [0.717, 1.165) is 44.2 Å². The van der Waals surface area contributed by atoms with Crippen LogP contribution in [0.2, 0.25) is 10.0 Å². The van der Waals surface area contributed by atoms with Crippen molar-refractivity contribution in [3.63, 3.8) is 0 Å². The van der Waals surface area contributed by atoms with Gasteiger partial charge in [0.1, 0.15) is 12.1 Å². The van der Waals surface area contributed by atoms with E-state index in [1.165, 1.54) is 17.1 Å². The predicted molar refractivity (Wildman–Crippen MR) is 223 cm³/mol. The average molecular weight is 864 g/mol. The van der Waals surface area contributed by atoms with Gasteiger partial charge in [0.05, 0.1) is 28.3 Å². The van der Waals surface area contributed by atoms with Crippen LogP contribution in [0, 0.1) is 29.6 Å². The third-order valence-corrected chi connectivity index (χ3v) is 11.8. The molecule has 16 heteroatoms. The van der Waals surface area contributed by atoms with Crippen LogP contribution in [0.4, 0.5) is 0 Å². The van der Waals surface area contributed by atoms with E-state index in [2.05, 4.69) is 10.6 Å². The molecule has 14 nitrogen and oxygen atoms in total. The Hall–Kier alpha value is -4.30. The first-order valence-electron chi connectivity index (χ1n) is 20.7. The van der Waals surface area contributed by atoms with Gasteiger partial charge in [-0.1, -0.05) is 76.2 Å². The Labute approximate surface area is 356 Å². The number of halogens is 2. The third kappa shape index (κ3) is 14.4. The van der Waals surface area contributed by atoms with E-state index in [-0.39, 0.29) is 65.6 Å². The third-order valence-electron chi connectivity index (χ3n) is 11.1. The molecule has 1 saturated heterocycles. The number of hydrogen-bond donors (Lipinski definition) is 4. The lowest BCUT2D eigenvalue weighted by molar-refractivity contribution is -0.143. The number of esters is 1. The summed E-state index contributed by atoms with van der Waals surface area (Å²) in [5.74, 6) is -7.34. The molecule has 2 aliphatic rings. The van der Waals surface area contributed by atoms with Gasteiger partial charge in [0.2, 0.25) is 23.6 Å². The number of carbonyl (C=O) groups is 8. The molecule has 3 rings (SSSR count). The summed E-state index contributed by atoms with van der Waals surface area (Å²) in [6, 6.07) is -0.746. The Bertz CT molecular complexity index is 1740. The summed E-state index contributed by atoms with van der Waals surface area (Å²) >= 11 is 12.2. The fourth-order valence-corrected chi connectivity index (χ4v) is 8.28. The standard InChI is InChI=1S/C43H60Cl2N4O10/c1-6-59-37(52)17-11-10-15-27(20-35(50)29-21-31(44)32(45)22-30(29)43(57)58)40(54)48-38(25(4)5)42(56)49-18-12-16-34(49)41(55)47-33(19-24(2)3)36(51)23-28(39(46)53)26-13-8-7-9-14-26/h11,17,21-22,24-28,33-34,38H,6-10,12-16,18-20,23H2,1-5H3,(H2,46,53)(H,47,55)(H,48,54)(H,57,58)/b17-11+/t27-,28+,33+,34+,38+/m1/s1. The average Bonchev–Trinajstić information content (AvgIpc) is 3.67. The molecule has 0 unspecified atom stereocenters. The second-order valence-electron chi connectivity index (χ2n) is 16.4. The van der Waals surface area contributed by atoms with E-state index >= 15 is 0 Å². The summed E-state index contributed by atoms with van der Waals surface area (Å²) in [6.45, 7) is 9.34. The number of rotatable bonds is 22. The van der Waals surface area contributed by atoms with Crippen LogP contribution in [0.1, 0.15) is 132 Å². The first-order valence-corrected chi connectivity index (χ1v) is 21.4. The number of carboxylic acid groups (broad SMARTS) is 1. The maximum absolute atomic E-state index is 14.3. The first-order chi connectivity index (χ1) is 27.9. The van der Waals surface area contributed by atoms with Crippen molar-refractivity contribution < 1.29 is 48.2 Å². The zero-order chi connectivity index (χ0) is 44.0. The van der Waals surface area contributed by atoms with Gasteiger partial charge in [-0.3, -0.25) is 28.8 Å². The van der Waals surface area contributed by atoms with Crippen molar-refractivity contribution in [2.75, 3.05) is 13.2 Å². The summed E-state index contributed by atoms with van der Waals surface area (Å²) in [7, 11) is 0. The molecule has 326 valence electrons. The largest absolute Gasteiger partial charge is 0.478 e. The molecule has 0 spiro atoms. The van der Waals surface area contributed by atoms with Crippen molar-refractivity contribution >= 4 is 70.3 Å². The van der Waals surface area contributed by atoms with E-state index in [0.29, 0.717) is 19.3 Å². The normalized spacial score (nSPS) is 18.0. The molecule has 1 saturated carbocycles. The van der Waals surface area contributed by atoms with Gasteiger partial charge in [-0.15, -0.1) is 0 Å². The molecule has 1 aliphatic heterocycles. The molecule has 1 aromatic rings. The van der Waals surface area contributed by atoms with Crippen LogP contribution in [-0.4, -0.2) is 88.4 Å². The Kier molecular flexibility index (Phi) is 19.5. The number of aromatic carboxylic acids is 1. The predicted octanol–water partition coefficient (Wildman–Crippen LogP) is 6.08. The van der Waals surface area contributed by atoms with Crippen molar-refractivity contribution in [3.05, 3.63) is 45.5 Å². The van der Waals surface area contributed by atoms with Crippen molar-refractivity contribution in [1.29, 1.82) is 0 Å². The number of likely N-dealkylation sites (tertiary alicyclic amines) is 1. The number of nitrogens with two attached hydrogens (primary N) is 1. The Balaban J connectivity index is 1.83. The maximum Gasteiger partial charge on any atom is 0.336 e. The molecule has 5 N–H and O–H groups in total. The fourth-order valence-electron chi connectivity index (χ4n) is 7.95. The maximum atomic E-state index is 14.3. The van der Waals surface area contributed by atoms with E-state index in [1.54, 1.807) is 20.8 Å². The van der Waals surface area contributed by atoms with Gasteiger partial charge in [-0.05, 0) is 81.8 Å². The van der Waals surface area contributed by atoms with Crippen molar-refractivity contribution in [3.8, 4) is 0 Å². The Morgan fingerprint density at radius 1 is 0.915 bits per heavy atom. The minimum absolute atomic E-state index is 0.0173. The number of amides is 4. The van der Waals surface area contributed by atoms with Gasteiger partial charge in [-0.2, -0.15) is 0 Å². The molecule has 0 bridgehead atoms. The van der Waals surface area contributed by atoms with Crippen LogP contribution >= 0.6 is 23.2 Å². The molecule has 5 atom stereocenters. The summed E-state index contributed by atoms with van der Waals surface area (Å²) < 4.78 is 4.91. The van der Waals surface area contributed by atoms with Gasteiger partial charge in [0.15, 0.2) is 11.6 Å². The van der Waals surface area contributed by atoms with Gasteiger partial charge < -0.3 is 31.1 Å². The SMILES string of the molecule is CCOC(=O)/C=C/CC[C@H](CC(=O)c1cc(Cl)c(Cl)cc1C(=O)O)C(=O)N[C@H](C(=O)N1CCC[C@H]1C(=O)N[C@@H](CC(C)C)C(=O)C[C@H](C(N)=O)C1CCCCC1)C(C)C. The fraction of sp³-hybridized carbons (Fsp3) is 0.628. The molecule has 2 fully saturated rings. The molecule has 0 radical (unpaired) electrons. The second kappa shape index (κ2) is 23.5. The quantitative estimate of drug-likeness (QED) is 0.0598. The second-order valence-corrected chi connectivity index (χ2v) is 17.2. The highest BCUT2D eigenvalue weighted by Gasteiger charge is 2.41. The lowest BCUT2D eigenvalue weighted by atomic mass is 9.76. The summed E-state index contributed by atoms with van der Waals surface area (Å²) in [5, 5.41) is 15.3. The van der Waals surface area contributed by atoms with Crippen LogP contribution < -0.4 is 16.4 Å². The highest BCUT2D eigenvalue weighted by Crippen LogP contribution is 2.33. The molecule has 1 heterocycles. The highest BCUT2D eigenvalue weighted by molar-refractivity contribution is 6.42. The molecule has 4 amide bonds. The van der Waals surface area contributed by atoms with E-state index < -0.39 is 89.2 Å². The van der Waals surface area contributed by atoms with Gasteiger partial charge in [-0.25, -0.2) is 9.59 Å². The van der Waals surface area contributed by atoms with Gasteiger partial charge >= 0.3 is 11.9 Å². The first kappa shape index (κ1) is 49.1. The molecular weight excluding hydrogens is 803 g/mol. The number of Topliss-reactive ketones (excluding diaryl/α,β-unsaturated/α-hetero) is 2. The zero-order valence-corrected chi connectivity index (χ0v) is 36.2. The number of hydrogen-bond acceptors (Lipinski definition) is 9. The number of primary amides is 1. The number of carbonyl (C=O) groups excluding carboxylic acids is 7. The number of carboxylic acids is 1. The van der Waals surface area contributed by atoms with Crippen molar-refractivity contribution in [2.45, 2.75) is 130 Å². The molecular formula is C43H60Cl2N4O10. The zero-order valence-electron chi connectivity index (χ0n) is 34.7. The van der Waals surface area contributed by atoms with Crippen LogP contribution in [0.5, 0.6) is 0 Å². The van der Waals surface area contributed by atoms with Crippen LogP contribution in [0.3, 0.4) is 0 Å². The highest BCUT2D eigenvalue weighted by atomic mass is 35.5. The van der Waals surface area contributed by atoms with Crippen LogP contribution in [0.15, 0.2) is 24.3 Å². The molecule has 1 aromatic carbocycles. The summed E-state index contributed by atoms with van der Waals surface area (Å²) in [4.78, 5) is 107. The van der Waals surface area contributed by atoms with Gasteiger partial charge in [0, 0.05) is 42.9 Å². The monoisotopic (exact) mass is 862 g/mol. The van der Waals surface area contributed by atoms with E-state index in [9.17, 15) is 43.5 Å². The number of nitrogens with zero attached hydrogens (tertiary/aromatic N) is 1. The number of ether oxygens (including phenoxy) is 1. The van der Waals surface area contributed by atoms with Crippen LogP contribution in [-0.2, 0) is 33.5 Å². The summed E-state index contributed by atoms with van der Waals surface area (Å²) in [5.41, 5.74) is 5.14. The topological polar surface area (TPSA) is 219 Å². The number of ketones is 2. The van der Waals surface area contributed by atoms with Crippen LogP contribution in [0.25, 0.3) is 0 Å². The van der Waals surface area contributed by atoms with Gasteiger partial charge in [0.25, 0.3) is 0 Å². The van der Waals surface area contributed by atoms with Crippen molar-refractivity contribution in [2.24, 2.45) is 35.3 Å². The molecule has 1 aliphatic carbocycles. The lowest BCUT2D eigenvalue weighted by Crippen LogP contribution is -2.57. The van der Waals surface area contributed by atoms with Crippen molar-refractivity contribution in [1.82, 2.24) is 15.5 Å². The number of allylic oxidation sites excluding steroid dienone is 1. The molecule has 0 aromatic heterocycles. The number of nitrogens with one attached hydrogen (secondary N) is 2.